The number of nitrogens with zero attached hydrogens (tertiary/aromatic N) is 5. The molecule has 8 nitrogen and oxygen atoms in total. The summed E-state index contributed by atoms with van der Waals surface area (Å²) in [4.78, 5) is 11.7. The average molecular weight is 380 g/mol. The Morgan fingerprint density at radius 1 is 1.05 bits per heavy atom. The van der Waals surface area contributed by atoms with E-state index in [4.69, 9.17) is 15.9 Å². The highest BCUT2D eigenvalue weighted by molar-refractivity contribution is 9.10. The molecule has 3 aromatic rings. The summed E-state index contributed by atoms with van der Waals surface area (Å²) < 4.78 is 6.49. The second kappa shape index (κ2) is 6.28. The molecule has 0 atom stereocenters. The topological polar surface area (TPSA) is 130 Å². The second-order valence-corrected chi connectivity index (χ2v) is 5.89. The van der Waals surface area contributed by atoms with Gasteiger partial charge in [0.15, 0.2) is 0 Å². The van der Waals surface area contributed by atoms with E-state index in [1.807, 2.05) is 24.3 Å². The highest BCUT2D eigenvalue weighted by Crippen LogP contribution is 2.29. The second-order valence-electron chi connectivity index (χ2n) is 4.11. The molecule has 0 radical (unpaired) electrons. The Kier molecular flexibility index (Phi) is 4.20. The lowest BCUT2D eigenvalue weighted by Crippen LogP contribution is -2.05. The molecule has 0 unspecified atom stereocenters. The fourth-order valence-electron chi connectivity index (χ4n) is 1.66. The van der Waals surface area contributed by atoms with Crippen LogP contribution in [0.25, 0.3) is 11.5 Å². The van der Waals surface area contributed by atoms with Crippen LogP contribution in [0.15, 0.2) is 38.4 Å². The predicted octanol–water partition coefficient (Wildman–Crippen LogP) is 2.14. The van der Waals surface area contributed by atoms with Crippen LogP contribution in [0.3, 0.4) is 0 Å². The highest BCUT2D eigenvalue weighted by Gasteiger charge is 2.12. The molecule has 0 aliphatic heterocycles. The summed E-state index contributed by atoms with van der Waals surface area (Å²) in [6, 6.07) is 7.60. The third-order valence-electron chi connectivity index (χ3n) is 2.55. The fourth-order valence-corrected chi connectivity index (χ4v) is 2.73. The number of anilines is 2. The first kappa shape index (κ1) is 14.7. The van der Waals surface area contributed by atoms with E-state index in [-0.39, 0.29) is 11.9 Å². The van der Waals surface area contributed by atoms with Crippen molar-refractivity contribution in [2.45, 2.75) is 11.0 Å². The number of hydrogen-bond donors (Lipinski definition) is 2. The van der Waals surface area contributed by atoms with Gasteiger partial charge in [-0.25, -0.2) is 0 Å². The van der Waals surface area contributed by atoms with Crippen molar-refractivity contribution in [3.63, 3.8) is 0 Å². The molecule has 112 valence electrons. The van der Waals surface area contributed by atoms with Gasteiger partial charge in [-0.05, 0) is 28.1 Å². The van der Waals surface area contributed by atoms with Crippen molar-refractivity contribution in [2.24, 2.45) is 0 Å². The Labute approximate surface area is 137 Å². The summed E-state index contributed by atoms with van der Waals surface area (Å²) >= 11 is 4.74. The van der Waals surface area contributed by atoms with Gasteiger partial charge in [-0.3, -0.25) is 0 Å². The van der Waals surface area contributed by atoms with Gasteiger partial charge < -0.3 is 15.9 Å². The summed E-state index contributed by atoms with van der Waals surface area (Å²) in [7, 11) is 0. The molecule has 0 spiro atoms. The minimum absolute atomic E-state index is 0.0857. The summed E-state index contributed by atoms with van der Waals surface area (Å²) in [6.07, 6.45) is 0. The Morgan fingerprint density at radius 2 is 1.77 bits per heavy atom. The van der Waals surface area contributed by atoms with Crippen molar-refractivity contribution in [1.82, 2.24) is 25.1 Å². The first-order valence-electron chi connectivity index (χ1n) is 6.09. The maximum Gasteiger partial charge on any atom is 0.277 e. The normalized spacial score (nSPS) is 10.8. The molecule has 0 fully saturated rings. The maximum atomic E-state index is 5.61. The average Bonchev–Trinajstić information content (AvgIpc) is 2.93. The van der Waals surface area contributed by atoms with Crippen LogP contribution in [0.1, 0.15) is 5.82 Å². The molecule has 0 aliphatic rings. The van der Waals surface area contributed by atoms with Gasteiger partial charge >= 0.3 is 0 Å². The maximum absolute atomic E-state index is 5.61. The standard InChI is InChI=1S/C12H10BrN7OS/c13-7-4-2-1-3-6(7)9-19-20-12(21-9)22-5-8-16-10(14)18-11(15)17-8/h1-4H,5H2,(H4,14,15,16,17,18). The molecule has 2 heterocycles. The third-order valence-corrected chi connectivity index (χ3v) is 4.06. The molecule has 0 amide bonds. The minimum atomic E-state index is 0.0857. The number of aromatic nitrogens is 5. The van der Waals surface area contributed by atoms with E-state index >= 15 is 0 Å². The molecule has 1 aromatic carbocycles. The Morgan fingerprint density at radius 3 is 2.50 bits per heavy atom. The molecular formula is C12H10BrN7OS. The lowest BCUT2D eigenvalue weighted by Gasteiger charge is -1.99. The van der Waals surface area contributed by atoms with Crippen molar-refractivity contribution in [1.29, 1.82) is 0 Å². The van der Waals surface area contributed by atoms with E-state index in [9.17, 15) is 0 Å². The molecule has 3 rings (SSSR count). The summed E-state index contributed by atoms with van der Waals surface area (Å²) in [6.45, 7) is 0. The number of nitrogen functional groups attached to an aromatic ring is 2. The van der Waals surface area contributed by atoms with Crippen LogP contribution >= 0.6 is 27.7 Å². The first-order valence-corrected chi connectivity index (χ1v) is 7.87. The third kappa shape index (κ3) is 3.34. The summed E-state index contributed by atoms with van der Waals surface area (Å²) in [5.41, 5.74) is 11.9. The van der Waals surface area contributed by atoms with Crippen LogP contribution in [-0.2, 0) is 5.75 Å². The number of nitrogens with two attached hydrogens (primary N) is 2. The first-order chi connectivity index (χ1) is 10.6. The quantitative estimate of drug-likeness (QED) is 0.654. The van der Waals surface area contributed by atoms with Gasteiger partial charge in [0.25, 0.3) is 5.22 Å². The molecule has 4 N–H and O–H groups in total. The minimum Gasteiger partial charge on any atom is -0.411 e. The largest absolute Gasteiger partial charge is 0.411 e. The van der Waals surface area contributed by atoms with Crippen LogP contribution in [0.4, 0.5) is 11.9 Å². The van der Waals surface area contributed by atoms with Crippen molar-refractivity contribution in [3.8, 4) is 11.5 Å². The molecule has 0 aliphatic carbocycles. The van der Waals surface area contributed by atoms with Gasteiger partial charge in [0.2, 0.25) is 17.8 Å². The number of benzene rings is 1. The summed E-state index contributed by atoms with van der Waals surface area (Å²) in [5, 5.41) is 8.42. The SMILES string of the molecule is Nc1nc(N)nc(CSc2nnc(-c3ccccc3Br)o2)n1. The van der Waals surface area contributed by atoms with Gasteiger partial charge in [-0.1, -0.05) is 23.9 Å². The van der Waals surface area contributed by atoms with Gasteiger partial charge in [-0.2, -0.15) is 15.0 Å². The van der Waals surface area contributed by atoms with Crippen molar-refractivity contribution in [3.05, 3.63) is 34.6 Å². The fraction of sp³-hybridized carbons (Fsp3) is 0.0833. The Balaban J connectivity index is 1.73. The molecule has 0 bridgehead atoms. The van der Waals surface area contributed by atoms with Crippen molar-refractivity contribution >= 4 is 39.6 Å². The van der Waals surface area contributed by atoms with Gasteiger partial charge in [0, 0.05) is 4.47 Å². The number of halogens is 1. The molecule has 10 heteroatoms. The molecule has 22 heavy (non-hydrogen) atoms. The van der Waals surface area contributed by atoms with E-state index in [2.05, 4.69) is 41.1 Å². The lowest BCUT2D eigenvalue weighted by atomic mass is 10.2. The highest BCUT2D eigenvalue weighted by atomic mass is 79.9. The van der Waals surface area contributed by atoms with Gasteiger partial charge in [-0.15, -0.1) is 10.2 Å². The molecule has 0 saturated carbocycles. The zero-order chi connectivity index (χ0) is 15.5. The molecule has 2 aromatic heterocycles. The van der Waals surface area contributed by atoms with E-state index in [0.717, 1.165) is 10.0 Å². The van der Waals surface area contributed by atoms with E-state index in [0.29, 0.717) is 22.7 Å². The zero-order valence-electron chi connectivity index (χ0n) is 11.1. The number of thioether (sulfide) groups is 1. The van der Waals surface area contributed by atoms with E-state index in [1.54, 1.807) is 0 Å². The van der Waals surface area contributed by atoms with Crippen LogP contribution in [-0.4, -0.2) is 25.1 Å². The smallest absolute Gasteiger partial charge is 0.277 e. The molecular weight excluding hydrogens is 370 g/mol. The predicted molar refractivity (Wildman–Crippen MR) is 85.6 cm³/mol. The van der Waals surface area contributed by atoms with Crippen LogP contribution in [0.5, 0.6) is 0 Å². The molecule has 0 saturated heterocycles. The van der Waals surface area contributed by atoms with Crippen LogP contribution < -0.4 is 11.5 Å². The lowest BCUT2D eigenvalue weighted by molar-refractivity contribution is 0.465. The zero-order valence-corrected chi connectivity index (χ0v) is 13.5. The number of hydrogen-bond acceptors (Lipinski definition) is 9. The summed E-state index contributed by atoms with van der Waals surface area (Å²) in [5.74, 6) is 1.46. The van der Waals surface area contributed by atoms with E-state index < -0.39 is 0 Å². The van der Waals surface area contributed by atoms with Crippen molar-refractivity contribution < 1.29 is 4.42 Å². The van der Waals surface area contributed by atoms with Gasteiger partial charge in [0.1, 0.15) is 5.82 Å². The van der Waals surface area contributed by atoms with Crippen molar-refractivity contribution in [2.75, 3.05) is 11.5 Å². The number of rotatable bonds is 4. The van der Waals surface area contributed by atoms with Crippen LogP contribution in [0.2, 0.25) is 0 Å². The monoisotopic (exact) mass is 379 g/mol. The van der Waals surface area contributed by atoms with E-state index in [1.165, 1.54) is 11.8 Å². The van der Waals surface area contributed by atoms with Gasteiger partial charge in [0.05, 0.1) is 11.3 Å². The van der Waals surface area contributed by atoms with Crippen LogP contribution in [0, 0.1) is 0 Å². The Bertz CT molecular complexity index is 789. The Hall–Kier alpha value is -2.20.